The van der Waals surface area contributed by atoms with Gasteiger partial charge in [0, 0.05) is 25.7 Å². The molecule has 0 aromatic carbocycles. The molecular formula is C62H120O17P2. The van der Waals surface area contributed by atoms with Crippen molar-refractivity contribution in [2.24, 2.45) is 5.92 Å². The molecule has 0 aliphatic rings. The number of hydrogen-bond donors (Lipinski definition) is 3. The Morgan fingerprint density at radius 2 is 0.568 bits per heavy atom. The van der Waals surface area contributed by atoms with E-state index in [2.05, 4.69) is 34.6 Å². The summed E-state index contributed by atoms with van der Waals surface area (Å²) in [5, 5.41) is 10.5. The first-order chi connectivity index (χ1) is 39.0. The molecule has 2 unspecified atom stereocenters. The van der Waals surface area contributed by atoms with E-state index in [-0.39, 0.29) is 25.7 Å². The molecule has 81 heavy (non-hydrogen) atoms. The quantitative estimate of drug-likeness (QED) is 0.0222. The molecule has 0 radical (unpaired) electrons. The van der Waals surface area contributed by atoms with E-state index in [9.17, 15) is 43.2 Å². The molecule has 0 bridgehead atoms. The molecule has 0 spiro atoms. The first-order valence-corrected chi connectivity index (χ1v) is 35.6. The number of carbonyl (C=O) groups is 4. The molecule has 5 atom stereocenters. The summed E-state index contributed by atoms with van der Waals surface area (Å²) in [5.74, 6) is -1.40. The molecular weight excluding hydrogens is 1080 g/mol. The number of unbranched alkanes of at least 4 members (excludes halogenated alkanes) is 34. The highest BCUT2D eigenvalue weighted by molar-refractivity contribution is 7.47. The van der Waals surface area contributed by atoms with Gasteiger partial charge in [0.2, 0.25) is 0 Å². The number of ether oxygens (including phenoxy) is 4. The first-order valence-electron chi connectivity index (χ1n) is 32.6. The van der Waals surface area contributed by atoms with Gasteiger partial charge in [-0.1, -0.05) is 259 Å². The maximum atomic E-state index is 12.9. The summed E-state index contributed by atoms with van der Waals surface area (Å²) in [6, 6.07) is 0. The molecule has 3 N–H and O–H groups in total. The molecule has 0 aromatic rings. The van der Waals surface area contributed by atoms with Crippen molar-refractivity contribution in [1.82, 2.24) is 0 Å². The van der Waals surface area contributed by atoms with E-state index >= 15 is 0 Å². The molecule has 0 aromatic heterocycles. The van der Waals surface area contributed by atoms with E-state index in [1.165, 1.54) is 128 Å². The van der Waals surface area contributed by atoms with E-state index < -0.39 is 97.5 Å². The third-order valence-corrected chi connectivity index (χ3v) is 16.2. The zero-order valence-electron chi connectivity index (χ0n) is 51.9. The number of esters is 4. The van der Waals surface area contributed by atoms with Gasteiger partial charge in [-0.15, -0.1) is 0 Å². The van der Waals surface area contributed by atoms with Crippen LogP contribution in [0, 0.1) is 5.92 Å². The Balaban J connectivity index is 5.23. The van der Waals surface area contributed by atoms with Crippen LogP contribution in [0.2, 0.25) is 0 Å². The molecule has 0 amide bonds. The third kappa shape index (κ3) is 56.9. The van der Waals surface area contributed by atoms with Crippen LogP contribution in [0.15, 0.2) is 0 Å². The largest absolute Gasteiger partial charge is 0.472 e. The van der Waals surface area contributed by atoms with Crippen LogP contribution in [0.1, 0.15) is 311 Å². The minimum atomic E-state index is -4.94. The highest BCUT2D eigenvalue weighted by Gasteiger charge is 2.30. The maximum absolute atomic E-state index is 12.9. The van der Waals surface area contributed by atoms with E-state index in [1.807, 2.05) is 0 Å². The molecule has 17 nitrogen and oxygen atoms in total. The fourth-order valence-corrected chi connectivity index (χ4v) is 10.8. The summed E-state index contributed by atoms with van der Waals surface area (Å²) >= 11 is 0. The van der Waals surface area contributed by atoms with Gasteiger partial charge in [-0.05, 0) is 31.6 Å². The number of rotatable bonds is 62. The lowest BCUT2D eigenvalue weighted by Gasteiger charge is -2.21. The molecule has 0 rings (SSSR count). The van der Waals surface area contributed by atoms with Gasteiger partial charge in [-0.25, -0.2) is 9.13 Å². The second-order valence-electron chi connectivity index (χ2n) is 22.9. The van der Waals surface area contributed by atoms with E-state index in [0.717, 1.165) is 102 Å². The molecule has 480 valence electrons. The van der Waals surface area contributed by atoms with Gasteiger partial charge in [0.15, 0.2) is 12.2 Å². The van der Waals surface area contributed by atoms with Crippen LogP contribution in [-0.4, -0.2) is 96.7 Å². The highest BCUT2D eigenvalue weighted by Crippen LogP contribution is 2.45. The number of hydrogen-bond acceptors (Lipinski definition) is 15. The summed E-state index contributed by atoms with van der Waals surface area (Å²) in [6.07, 6.45) is 38.9. The Bertz CT molecular complexity index is 1580. The van der Waals surface area contributed by atoms with Crippen molar-refractivity contribution in [1.29, 1.82) is 0 Å². The fourth-order valence-electron chi connectivity index (χ4n) is 9.23. The van der Waals surface area contributed by atoms with Crippen LogP contribution < -0.4 is 0 Å². The molecule has 0 heterocycles. The van der Waals surface area contributed by atoms with Crippen LogP contribution in [-0.2, 0) is 65.4 Å². The van der Waals surface area contributed by atoms with Crippen molar-refractivity contribution < 1.29 is 80.2 Å². The zero-order valence-corrected chi connectivity index (χ0v) is 53.7. The third-order valence-electron chi connectivity index (χ3n) is 14.3. The Hall–Kier alpha value is -1.94. The second-order valence-corrected chi connectivity index (χ2v) is 25.8. The fraction of sp³-hybridized carbons (Fsp3) is 0.935. The van der Waals surface area contributed by atoms with Crippen molar-refractivity contribution >= 4 is 39.5 Å². The molecule has 0 fully saturated rings. The lowest BCUT2D eigenvalue weighted by molar-refractivity contribution is -0.161. The van der Waals surface area contributed by atoms with Crippen molar-refractivity contribution in [3.05, 3.63) is 0 Å². The number of carbonyl (C=O) groups excluding carboxylic acids is 4. The average molecular weight is 1200 g/mol. The van der Waals surface area contributed by atoms with Crippen molar-refractivity contribution in [3.63, 3.8) is 0 Å². The van der Waals surface area contributed by atoms with Gasteiger partial charge < -0.3 is 33.8 Å². The summed E-state index contributed by atoms with van der Waals surface area (Å²) in [6.45, 7) is 7.12. The standard InChI is InChI=1S/C62H120O17P2/c1-6-9-12-15-18-21-23-27-31-36-41-46-60(65)73-52-58(79-62(67)48-43-38-33-28-24-25-29-34-39-44-55(4)5)54-77-81(70,71)75-50-56(63)49-74-80(68,69)76-53-57(51-72-59(64)45-40-35-30-20-17-14-11-8-3)78-61(66)47-42-37-32-26-22-19-16-13-10-7-2/h55-58,63H,6-54H2,1-5H3,(H,68,69)(H,70,71)/t56-,57+,58+/m0/s1. The van der Waals surface area contributed by atoms with Crippen molar-refractivity contribution in [2.75, 3.05) is 39.6 Å². The summed E-state index contributed by atoms with van der Waals surface area (Å²) in [4.78, 5) is 72.0. The average Bonchev–Trinajstić information content (AvgIpc) is 3.43. The maximum Gasteiger partial charge on any atom is 0.472 e. The molecule has 0 saturated carbocycles. The minimum absolute atomic E-state index is 0.106. The topological polar surface area (TPSA) is 237 Å². The summed E-state index contributed by atoms with van der Waals surface area (Å²) in [5.41, 5.74) is 0. The first kappa shape index (κ1) is 79.1. The van der Waals surface area contributed by atoms with Crippen molar-refractivity contribution in [3.8, 4) is 0 Å². The van der Waals surface area contributed by atoms with Crippen molar-refractivity contribution in [2.45, 2.75) is 329 Å². The van der Waals surface area contributed by atoms with Crippen LogP contribution >= 0.6 is 15.6 Å². The van der Waals surface area contributed by atoms with Gasteiger partial charge in [-0.2, -0.15) is 0 Å². The van der Waals surface area contributed by atoms with Gasteiger partial charge in [0.25, 0.3) is 0 Å². The number of aliphatic hydroxyl groups excluding tert-OH is 1. The minimum Gasteiger partial charge on any atom is -0.462 e. The summed E-state index contributed by atoms with van der Waals surface area (Å²) < 4.78 is 67.8. The van der Waals surface area contributed by atoms with Gasteiger partial charge >= 0.3 is 39.5 Å². The molecule has 0 aliphatic carbocycles. The van der Waals surface area contributed by atoms with Gasteiger partial charge in [0.1, 0.15) is 19.3 Å². The number of phosphoric ester groups is 2. The van der Waals surface area contributed by atoms with Gasteiger partial charge in [-0.3, -0.25) is 37.3 Å². The number of phosphoric acid groups is 2. The highest BCUT2D eigenvalue weighted by atomic mass is 31.2. The van der Waals surface area contributed by atoms with Gasteiger partial charge in [0.05, 0.1) is 26.4 Å². The monoisotopic (exact) mass is 1200 g/mol. The smallest absolute Gasteiger partial charge is 0.462 e. The lowest BCUT2D eigenvalue weighted by atomic mass is 10.0. The molecule has 0 aliphatic heterocycles. The Morgan fingerprint density at radius 1 is 0.333 bits per heavy atom. The SMILES string of the molecule is CCCCCCCCCCCCCC(=O)OC[C@H](COP(=O)(O)OC[C@@H](O)COP(=O)(O)OC[C@@H](COC(=O)CCCCCCCCCC)OC(=O)CCCCCCCCCCCC)OC(=O)CCCCCCCCCCCC(C)C. The summed E-state index contributed by atoms with van der Waals surface area (Å²) in [7, 11) is -9.88. The zero-order chi connectivity index (χ0) is 59.9. The lowest BCUT2D eigenvalue weighted by Crippen LogP contribution is -2.30. The Labute approximate surface area is 492 Å². The Morgan fingerprint density at radius 3 is 0.840 bits per heavy atom. The van der Waals surface area contributed by atoms with Crippen LogP contribution in [0.25, 0.3) is 0 Å². The van der Waals surface area contributed by atoms with Crippen LogP contribution in [0.5, 0.6) is 0 Å². The Kier molecular flexibility index (Phi) is 54.6. The number of aliphatic hydroxyl groups is 1. The van der Waals surface area contributed by atoms with E-state index in [0.29, 0.717) is 25.7 Å². The van der Waals surface area contributed by atoms with Crippen LogP contribution in [0.3, 0.4) is 0 Å². The van der Waals surface area contributed by atoms with E-state index in [1.54, 1.807) is 0 Å². The predicted octanol–water partition coefficient (Wildman–Crippen LogP) is 17.0. The molecule has 0 saturated heterocycles. The van der Waals surface area contributed by atoms with Crippen LogP contribution in [0.4, 0.5) is 0 Å². The normalized spacial score (nSPS) is 14.3. The molecule has 19 heteroatoms. The second kappa shape index (κ2) is 55.9. The predicted molar refractivity (Wildman–Crippen MR) is 322 cm³/mol. The van der Waals surface area contributed by atoms with E-state index in [4.69, 9.17) is 37.0 Å².